The molecule has 2 amide bonds. The second kappa shape index (κ2) is 20.8. The molecule has 3 heterocycles. The van der Waals surface area contributed by atoms with Gasteiger partial charge in [0.2, 0.25) is 11.8 Å². The molecule has 0 aromatic rings. The Kier molecular flexibility index (Phi) is 17.6. The molecule has 3 rings (SSSR count). The fraction of sp³-hybridized carbons (Fsp3) is 0.825. The zero-order valence-corrected chi connectivity index (χ0v) is 32.0. The second-order valence-electron chi connectivity index (χ2n) is 15.7. The van der Waals surface area contributed by atoms with Crippen LogP contribution < -0.4 is 10.6 Å². The number of amides is 2. The van der Waals surface area contributed by atoms with Crippen molar-refractivity contribution in [3.8, 4) is 0 Å². The van der Waals surface area contributed by atoms with Crippen molar-refractivity contribution in [3.05, 3.63) is 23.8 Å². The highest BCUT2D eigenvalue weighted by molar-refractivity contribution is 5.89. The normalized spacial score (nSPS) is 31.6. The topological polar surface area (TPSA) is 143 Å². The van der Waals surface area contributed by atoms with Crippen LogP contribution in [0, 0.1) is 23.7 Å². The van der Waals surface area contributed by atoms with Gasteiger partial charge >= 0.3 is 0 Å². The summed E-state index contributed by atoms with van der Waals surface area (Å²) in [5, 5.41) is 26.2. The first-order valence-corrected chi connectivity index (χ1v) is 19.5. The Bertz CT molecular complexity index is 1140. The number of carbonyl (C=O) groups excluding carboxylic acids is 3. The van der Waals surface area contributed by atoms with Gasteiger partial charge in [-0.05, 0) is 108 Å². The van der Waals surface area contributed by atoms with E-state index in [1.807, 2.05) is 20.8 Å². The van der Waals surface area contributed by atoms with Gasteiger partial charge in [-0.1, -0.05) is 39.8 Å². The number of ether oxygens (including phenoxy) is 3. The fourth-order valence-electron chi connectivity index (χ4n) is 7.51. The molecule has 4 N–H and O–H groups in total. The molecular weight excluding hydrogens is 636 g/mol. The van der Waals surface area contributed by atoms with Gasteiger partial charge in [-0.15, -0.1) is 0 Å². The minimum Gasteiger partial charge on any atom is -0.390 e. The van der Waals surface area contributed by atoms with Crippen molar-refractivity contribution in [2.75, 3.05) is 13.1 Å². The van der Waals surface area contributed by atoms with Gasteiger partial charge in [-0.25, -0.2) is 0 Å². The average Bonchev–Trinajstić information content (AvgIpc) is 3.07. The molecule has 10 heteroatoms. The molecule has 3 aliphatic heterocycles. The summed E-state index contributed by atoms with van der Waals surface area (Å²) in [4.78, 5) is 37.6. The number of aliphatic hydroxyl groups excluding tert-OH is 2. The molecule has 0 unspecified atom stereocenters. The second-order valence-corrected chi connectivity index (χ2v) is 15.7. The van der Waals surface area contributed by atoms with Crippen LogP contribution in [0.5, 0.6) is 0 Å². The summed E-state index contributed by atoms with van der Waals surface area (Å²) >= 11 is 0. The van der Waals surface area contributed by atoms with Crippen molar-refractivity contribution in [2.24, 2.45) is 23.7 Å². The van der Waals surface area contributed by atoms with E-state index in [2.05, 4.69) is 30.6 Å². The number of hydrogen-bond donors (Lipinski definition) is 4. The van der Waals surface area contributed by atoms with E-state index in [0.717, 1.165) is 76.2 Å². The maximum absolute atomic E-state index is 12.9. The number of aliphatic hydroxyl groups is 2. The van der Waals surface area contributed by atoms with Crippen LogP contribution in [-0.4, -0.2) is 83.3 Å². The smallest absolute Gasteiger partial charge is 0.225 e. The lowest BCUT2D eigenvalue weighted by Gasteiger charge is -2.48. The van der Waals surface area contributed by atoms with Crippen molar-refractivity contribution >= 4 is 17.6 Å². The Hall–Kier alpha value is -2.11. The first-order valence-electron chi connectivity index (χ1n) is 19.5. The molecular formula is C40H68N2O8. The van der Waals surface area contributed by atoms with E-state index >= 15 is 0 Å². The molecule has 50 heavy (non-hydrogen) atoms. The molecule has 11 atom stereocenters. The zero-order chi connectivity index (χ0) is 36.8. The van der Waals surface area contributed by atoms with Crippen LogP contribution >= 0.6 is 0 Å². The monoisotopic (exact) mass is 704 g/mol. The van der Waals surface area contributed by atoms with E-state index in [1.165, 1.54) is 0 Å². The summed E-state index contributed by atoms with van der Waals surface area (Å²) < 4.78 is 19.5. The van der Waals surface area contributed by atoms with Gasteiger partial charge < -0.3 is 35.1 Å². The number of ketones is 1. The number of allylic oxidation sites excluding steroid dienone is 3. The van der Waals surface area contributed by atoms with Gasteiger partial charge in [0.15, 0.2) is 11.6 Å². The molecule has 0 radical (unpaired) electrons. The maximum atomic E-state index is 12.9. The van der Waals surface area contributed by atoms with Gasteiger partial charge in [-0.2, -0.15) is 0 Å². The summed E-state index contributed by atoms with van der Waals surface area (Å²) in [6, 6.07) is 0. The third-order valence-electron chi connectivity index (χ3n) is 11.2. The SMILES string of the molecule is C/C=C/C(=O)C[C@H]1CC[C@@H](C)[C@@H](CC(=O)NC[C@H](O)[C@@H](C)C(=O)NCCC[C@H]2O[C@@]3(CCC[C@@H](CC[C@H](C)/C=C(\C)[C@H](C)O)O3)CC[C@@H]2C)O1. The average molecular weight is 705 g/mol. The van der Waals surface area contributed by atoms with Crippen molar-refractivity contribution in [3.63, 3.8) is 0 Å². The van der Waals surface area contributed by atoms with Gasteiger partial charge in [-0.3, -0.25) is 14.4 Å². The van der Waals surface area contributed by atoms with E-state index in [4.69, 9.17) is 14.2 Å². The van der Waals surface area contributed by atoms with E-state index in [0.29, 0.717) is 24.8 Å². The zero-order valence-electron chi connectivity index (χ0n) is 32.0. The van der Waals surface area contributed by atoms with Crippen LogP contribution in [0.25, 0.3) is 0 Å². The molecule has 0 aromatic heterocycles. The van der Waals surface area contributed by atoms with E-state index < -0.39 is 23.9 Å². The van der Waals surface area contributed by atoms with Crippen molar-refractivity contribution in [1.29, 1.82) is 0 Å². The predicted octanol–water partition coefficient (Wildman–Crippen LogP) is 5.93. The molecule has 3 fully saturated rings. The van der Waals surface area contributed by atoms with Crippen LogP contribution in [0.15, 0.2) is 23.8 Å². The van der Waals surface area contributed by atoms with Crippen LogP contribution in [-0.2, 0) is 28.6 Å². The van der Waals surface area contributed by atoms with E-state index in [-0.39, 0.29) is 60.9 Å². The summed E-state index contributed by atoms with van der Waals surface area (Å²) in [5.74, 6) is -0.680. The highest BCUT2D eigenvalue weighted by Crippen LogP contribution is 2.43. The fourth-order valence-corrected chi connectivity index (χ4v) is 7.51. The van der Waals surface area contributed by atoms with Crippen LogP contribution in [0.4, 0.5) is 0 Å². The Balaban J connectivity index is 1.36. The van der Waals surface area contributed by atoms with Crippen molar-refractivity contribution in [1.82, 2.24) is 10.6 Å². The molecule has 1 spiro atoms. The van der Waals surface area contributed by atoms with Gasteiger partial charge in [0.25, 0.3) is 0 Å². The van der Waals surface area contributed by atoms with E-state index in [1.54, 1.807) is 26.0 Å². The lowest BCUT2D eigenvalue weighted by atomic mass is 9.85. The number of carbonyl (C=O) groups is 3. The molecule has 3 saturated heterocycles. The highest BCUT2D eigenvalue weighted by Gasteiger charge is 2.44. The third kappa shape index (κ3) is 13.8. The third-order valence-corrected chi connectivity index (χ3v) is 11.2. The van der Waals surface area contributed by atoms with Crippen LogP contribution in [0.1, 0.15) is 132 Å². The quantitative estimate of drug-likeness (QED) is 0.0782. The largest absolute Gasteiger partial charge is 0.390 e. The van der Waals surface area contributed by atoms with Crippen molar-refractivity contribution < 1.29 is 38.8 Å². The molecule has 0 saturated carbocycles. The molecule has 0 bridgehead atoms. The minimum absolute atomic E-state index is 0.0223. The Morgan fingerprint density at radius 2 is 1.64 bits per heavy atom. The highest BCUT2D eigenvalue weighted by atomic mass is 16.7. The number of rotatable bonds is 18. The van der Waals surface area contributed by atoms with Gasteiger partial charge in [0, 0.05) is 32.4 Å². The molecule has 286 valence electrons. The lowest BCUT2D eigenvalue weighted by molar-refractivity contribution is -0.324. The number of hydrogen-bond acceptors (Lipinski definition) is 8. The Labute approximate surface area is 301 Å². The number of nitrogens with one attached hydrogen (secondary N) is 2. The predicted molar refractivity (Wildman–Crippen MR) is 195 cm³/mol. The van der Waals surface area contributed by atoms with Crippen LogP contribution in [0.2, 0.25) is 0 Å². The van der Waals surface area contributed by atoms with Gasteiger partial charge in [0.05, 0.1) is 49.0 Å². The van der Waals surface area contributed by atoms with E-state index in [9.17, 15) is 24.6 Å². The first-order chi connectivity index (χ1) is 23.7. The minimum atomic E-state index is -1.02. The summed E-state index contributed by atoms with van der Waals surface area (Å²) in [5.41, 5.74) is 1.01. The maximum Gasteiger partial charge on any atom is 0.225 e. The van der Waals surface area contributed by atoms with Crippen LogP contribution in [0.3, 0.4) is 0 Å². The molecule has 0 aromatic carbocycles. The molecule has 0 aliphatic carbocycles. The summed E-state index contributed by atoms with van der Waals surface area (Å²) in [6.07, 6.45) is 14.5. The molecule has 3 aliphatic rings. The first kappa shape index (κ1) is 42.3. The molecule has 10 nitrogen and oxygen atoms in total. The standard InChI is InChI=1S/C40H68N2O8/c1-8-11-32(44)23-34-17-15-27(3)37(48-34)24-38(46)42-25-35(45)30(6)39(47)41-21-10-13-36-28(4)18-20-40(50-36)19-9-12-33(49-40)16-14-26(2)22-29(5)31(7)43/h8,11,22,26-28,30-31,33-37,43,45H,9-10,12-21,23-25H2,1-7H3,(H,41,47)(H,42,46)/b11-8+,29-22+/t26-,27+,28-,30+,31-,33-,34+,35-,36+,37+,40-/m0/s1. The Morgan fingerprint density at radius 3 is 2.36 bits per heavy atom. The van der Waals surface area contributed by atoms with Crippen molar-refractivity contribution in [2.45, 2.75) is 174 Å². The lowest BCUT2D eigenvalue weighted by Crippen LogP contribution is -2.50. The van der Waals surface area contributed by atoms with Gasteiger partial charge in [0.1, 0.15) is 0 Å². The summed E-state index contributed by atoms with van der Waals surface area (Å²) in [7, 11) is 0. The Morgan fingerprint density at radius 1 is 0.900 bits per heavy atom. The summed E-state index contributed by atoms with van der Waals surface area (Å²) in [6.45, 7) is 14.2.